The summed E-state index contributed by atoms with van der Waals surface area (Å²) in [5, 5.41) is 3.65. The number of benzene rings is 2. The van der Waals surface area contributed by atoms with E-state index >= 15 is 0 Å². The Labute approximate surface area is 127 Å². The van der Waals surface area contributed by atoms with Crippen molar-refractivity contribution >= 4 is 7.48 Å². The second-order valence-corrected chi connectivity index (χ2v) is 5.55. The average Bonchev–Trinajstić information content (AvgIpc) is 3.09. The van der Waals surface area contributed by atoms with Crippen molar-refractivity contribution in [3.05, 3.63) is 71.8 Å². The molecule has 2 aromatic rings. The van der Waals surface area contributed by atoms with Gasteiger partial charge in [0.05, 0.1) is 0 Å². The molecule has 1 heterocycles. The van der Waals surface area contributed by atoms with Crippen LogP contribution in [0.5, 0.6) is 0 Å². The minimum atomic E-state index is -0.395. The van der Waals surface area contributed by atoms with Crippen LogP contribution in [0.25, 0.3) is 0 Å². The first-order valence-electron chi connectivity index (χ1n) is 7.86. The quantitative estimate of drug-likeness (QED) is 0.849. The van der Waals surface area contributed by atoms with Crippen molar-refractivity contribution < 1.29 is 4.65 Å². The highest BCUT2D eigenvalue weighted by molar-refractivity contribution is 6.25. The average molecular weight is 279 g/mol. The van der Waals surface area contributed by atoms with Crippen molar-refractivity contribution in [1.29, 1.82) is 0 Å². The molecular weight excluding hydrogens is 257 g/mol. The molecule has 108 valence electrons. The Morgan fingerprint density at radius 3 is 2.00 bits per heavy atom. The maximum atomic E-state index is 6.42. The van der Waals surface area contributed by atoms with Crippen molar-refractivity contribution in [3.63, 3.8) is 0 Å². The molecule has 0 spiro atoms. The van der Waals surface area contributed by atoms with Crippen molar-refractivity contribution in [2.75, 3.05) is 6.54 Å². The molecule has 0 amide bonds. The van der Waals surface area contributed by atoms with Crippen LogP contribution in [-0.2, 0) is 10.3 Å². The van der Waals surface area contributed by atoms with E-state index in [1.807, 2.05) is 0 Å². The van der Waals surface area contributed by atoms with Gasteiger partial charge in [-0.2, -0.15) is 0 Å². The Balaban J connectivity index is 2.15. The van der Waals surface area contributed by atoms with Gasteiger partial charge >= 0.3 is 0 Å². The first-order chi connectivity index (χ1) is 10.4. The molecule has 1 atom stereocenters. The van der Waals surface area contributed by atoms with Gasteiger partial charge in [-0.3, -0.25) is 0 Å². The Morgan fingerprint density at radius 2 is 1.57 bits per heavy atom. The summed E-state index contributed by atoms with van der Waals surface area (Å²) in [6.45, 7) is 3.15. The summed E-state index contributed by atoms with van der Waals surface area (Å²) in [4.78, 5) is 0. The largest absolute Gasteiger partial charge is 0.426 e. The zero-order valence-corrected chi connectivity index (χ0v) is 12.6. The third kappa shape index (κ3) is 2.64. The lowest BCUT2D eigenvalue weighted by atomic mass is 9.77. The third-order valence-electron chi connectivity index (χ3n) is 4.33. The van der Waals surface area contributed by atoms with Crippen LogP contribution in [0.3, 0.4) is 0 Å². The van der Waals surface area contributed by atoms with E-state index in [1.54, 1.807) is 0 Å². The molecule has 0 aliphatic carbocycles. The van der Waals surface area contributed by atoms with E-state index < -0.39 is 5.60 Å². The lowest BCUT2D eigenvalue weighted by molar-refractivity contribution is 0.0778. The summed E-state index contributed by atoms with van der Waals surface area (Å²) in [6, 6.07) is 21.6. The van der Waals surface area contributed by atoms with Gasteiger partial charge in [-0.15, -0.1) is 0 Å². The maximum absolute atomic E-state index is 6.42. The van der Waals surface area contributed by atoms with Crippen molar-refractivity contribution in [1.82, 2.24) is 5.32 Å². The van der Waals surface area contributed by atoms with Crippen molar-refractivity contribution in [3.8, 4) is 0 Å². The molecule has 1 fully saturated rings. The van der Waals surface area contributed by atoms with Crippen LogP contribution in [-0.4, -0.2) is 20.1 Å². The number of rotatable bonds is 5. The van der Waals surface area contributed by atoms with E-state index in [2.05, 4.69) is 72.8 Å². The van der Waals surface area contributed by atoms with Crippen LogP contribution in [0.15, 0.2) is 60.7 Å². The molecule has 3 heteroatoms. The molecule has 1 aliphatic heterocycles. The molecular formula is C18H22BNO. The number of hydrogen-bond acceptors (Lipinski definition) is 2. The molecule has 21 heavy (non-hydrogen) atoms. The number of hydrogen-bond donors (Lipinski definition) is 1. The molecule has 3 rings (SSSR count). The van der Waals surface area contributed by atoms with Crippen LogP contribution in [0.4, 0.5) is 0 Å². The predicted octanol–water partition coefficient (Wildman–Crippen LogP) is 3.10. The van der Waals surface area contributed by atoms with Gasteiger partial charge in [-0.25, -0.2) is 0 Å². The first-order valence-corrected chi connectivity index (χ1v) is 7.86. The summed E-state index contributed by atoms with van der Waals surface area (Å²) >= 11 is 0. The minimum absolute atomic E-state index is 0.322. The van der Waals surface area contributed by atoms with Gasteiger partial charge < -0.3 is 9.97 Å². The highest BCUT2D eigenvalue weighted by atomic mass is 16.5. The van der Waals surface area contributed by atoms with Gasteiger partial charge in [0.15, 0.2) is 0 Å². The summed E-state index contributed by atoms with van der Waals surface area (Å²) in [5.41, 5.74) is 2.07. The summed E-state index contributed by atoms with van der Waals surface area (Å²) in [5.74, 6) is 0. The molecule has 0 aromatic heterocycles. The van der Waals surface area contributed by atoms with E-state index in [9.17, 15) is 0 Å². The van der Waals surface area contributed by atoms with Gasteiger partial charge in [0.2, 0.25) is 0 Å². The fourth-order valence-corrected chi connectivity index (χ4v) is 3.47. The minimum Gasteiger partial charge on any atom is -0.426 e. The zero-order valence-electron chi connectivity index (χ0n) is 12.6. The molecule has 0 bridgehead atoms. The van der Waals surface area contributed by atoms with E-state index in [1.165, 1.54) is 17.5 Å². The van der Waals surface area contributed by atoms with Gasteiger partial charge in [-0.05, 0) is 30.5 Å². The van der Waals surface area contributed by atoms with Gasteiger partial charge in [0, 0.05) is 6.04 Å². The zero-order chi connectivity index (χ0) is 14.5. The summed E-state index contributed by atoms with van der Waals surface area (Å²) in [6.07, 6.45) is 2.35. The molecule has 2 nitrogen and oxygen atoms in total. The van der Waals surface area contributed by atoms with Crippen molar-refractivity contribution in [2.24, 2.45) is 0 Å². The monoisotopic (exact) mass is 279 g/mol. The second-order valence-electron chi connectivity index (χ2n) is 5.55. The predicted molar refractivity (Wildman–Crippen MR) is 88.8 cm³/mol. The highest BCUT2D eigenvalue weighted by Gasteiger charge is 2.43. The molecule has 1 N–H and O–H groups in total. The summed E-state index contributed by atoms with van der Waals surface area (Å²) in [7, 11) is 0.696. The third-order valence-corrected chi connectivity index (χ3v) is 4.33. The van der Waals surface area contributed by atoms with Crippen LogP contribution >= 0.6 is 0 Å². The Hall–Kier alpha value is -1.58. The van der Waals surface area contributed by atoms with Gasteiger partial charge in [0.1, 0.15) is 5.60 Å². The van der Waals surface area contributed by atoms with E-state index in [0.29, 0.717) is 13.5 Å². The topological polar surface area (TPSA) is 21.3 Å². The van der Waals surface area contributed by atoms with Crippen LogP contribution in [0, 0.1) is 0 Å². The molecule has 2 aromatic carbocycles. The van der Waals surface area contributed by atoms with Gasteiger partial charge in [-0.1, -0.05) is 67.5 Å². The molecule has 0 saturated carbocycles. The Morgan fingerprint density at radius 1 is 1.00 bits per heavy atom. The van der Waals surface area contributed by atoms with Crippen LogP contribution in [0.1, 0.15) is 24.0 Å². The van der Waals surface area contributed by atoms with Gasteiger partial charge in [0.25, 0.3) is 7.48 Å². The smallest absolute Gasteiger partial charge is 0.273 e. The van der Waals surface area contributed by atoms with Crippen molar-refractivity contribution in [2.45, 2.75) is 31.3 Å². The van der Waals surface area contributed by atoms with Crippen LogP contribution < -0.4 is 5.32 Å². The lowest BCUT2D eigenvalue weighted by Crippen LogP contribution is -2.48. The Bertz CT molecular complexity index is 512. The molecule has 1 saturated heterocycles. The number of nitrogens with one attached hydrogen (secondary N) is 1. The lowest BCUT2D eigenvalue weighted by Gasteiger charge is -2.40. The Kier molecular flexibility index (Phi) is 4.42. The van der Waals surface area contributed by atoms with Crippen LogP contribution in [0.2, 0.25) is 6.82 Å². The molecule has 1 aliphatic rings. The standard InChI is InChI=1S/C18H22BNO/c1-19-21-18(17-13-8-14-20-17,15-9-4-2-5-10-15)16-11-6-3-7-12-16/h2-7,9-12,17,19-20H,8,13-14H2,1H3/t17-/m1/s1. The first kappa shape index (κ1) is 14.4. The fraction of sp³-hybridized carbons (Fsp3) is 0.333. The SMILES string of the molecule is CBOC(c1ccccc1)(c1ccccc1)[C@H]1CCCN1. The van der Waals surface area contributed by atoms with E-state index in [4.69, 9.17) is 4.65 Å². The maximum Gasteiger partial charge on any atom is 0.273 e. The fourth-order valence-electron chi connectivity index (χ4n) is 3.47. The second kappa shape index (κ2) is 6.46. The van der Waals surface area contributed by atoms with E-state index in [0.717, 1.165) is 13.0 Å². The molecule has 0 radical (unpaired) electrons. The molecule has 0 unspecified atom stereocenters. The normalized spacial score (nSPS) is 18.6. The van der Waals surface area contributed by atoms with E-state index in [-0.39, 0.29) is 0 Å². The summed E-state index contributed by atoms with van der Waals surface area (Å²) < 4.78 is 6.42. The highest BCUT2D eigenvalue weighted by Crippen LogP contribution is 2.39.